The average Bonchev–Trinajstić information content (AvgIpc) is 2.29. The van der Waals surface area contributed by atoms with Crippen LogP contribution in [0, 0.1) is 11.8 Å². The van der Waals surface area contributed by atoms with Gasteiger partial charge in [0.15, 0.2) is 0 Å². The van der Waals surface area contributed by atoms with Crippen LogP contribution in [0.25, 0.3) is 0 Å². The van der Waals surface area contributed by atoms with Gasteiger partial charge in [0.1, 0.15) is 0 Å². The third-order valence-electron chi connectivity index (χ3n) is 3.37. The van der Waals surface area contributed by atoms with Crippen LogP contribution in [0.2, 0.25) is 0 Å². The molecule has 5 heteroatoms. The standard InChI is InChI=1S/C12H24ClNO2S/c1-11(9-13)10-17(15,16)14-8-7-12-5-3-2-4-6-12/h11-12,14H,2-10H2,1H3. The van der Waals surface area contributed by atoms with Crippen molar-refractivity contribution in [3.05, 3.63) is 0 Å². The lowest BCUT2D eigenvalue weighted by Crippen LogP contribution is -2.31. The van der Waals surface area contributed by atoms with E-state index in [0.29, 0.717) is 12.4 Å². The second-order valence-corrected chi connectivity index (χ2v) is 7.39. The minimum Gasteiger partial charge on any atom is -0.215 e. The summed E-state index contributed by atoms with van der Waals surface area (Å²) < 4.78 is 26.0. The van der Waals surface area contributed by atoms with Crippen LogP contribution in [0.1, 0.15) is 45.4 Å². The molecule has 17 heavy (non-hydrogen) atoms. The molecule has 1 aliphatic rings. The molecular weight excluding hydrogens is 258 g/mol. The Morgan fingerprint density at radius 2 is 1.94 bits per heavy atom. The molecule has 1 unspecified atom stereocenters. The van der Waals surface area contributed by atoms with Crippen LogP contribution in [0.4, 0.5) is 0 Å². The molecule has 1 N–H and O–H groups in total. The van der Waals surface area contributed by atoms with Crippen LogP contribution in [0.15, 0.2) is 0 Å². The fourth-order valence-electron chi connectivity index (χ4n) is 2.37. The lowest BCUT2D eigenvalue weighted by atomic mass is 9.87. The van der Waals surface area contributed by atoms with Gasteiger partial charge in [0.25, 0.3) is 0 Å². The van der Waals surface area contributed by atoms with Crippen LogP contribution in [0.5, 0.6) is 0 Å². The summed E-state index contributed by atoms with van der Waals surface area (Å²) in [6, 6.07) is 0. The molecule has 0 amide bonds. The molecule has 0 radical (unpaired) electrons. The third kappa shape index (κ3) is 6.63. The average molecular weight is 282 g/mol. The zero-order chi connectivity index (χ0) is 12.7. The van der Waals surface area contributed by atoms with Crippen molar-refractivity contribution >= 4 is 21.6 Å². The molecule has 0 aromatic carbocycles. The van der Waals surface area contributed by atoms with E-state index < -0.39 is 10.0 Å². The molecule has 0 bridgehead atoms. The van der Waals surface area contributed by atoms with Crippen molar-refractivity contribution in [1.29, 1.82) is 0 Å². The number of sulfonamides is 1. The largest absolute Gasteiger partial charge is 0.215 e. The third-order valence-corrected chi connectivity index (χ3v) is 5.55. The van der Waals surface area contributed by atoms with Gasteiger partial charge in [0.2, 0.25) is 10.0 Å². The van der Waals surface area contributed by atoms with Crippen molar-refractivity contribution in [2.45, 2.75) is 45.4 Å². The summed E-state index contributed by atoms with van der Waals surface area (Å²) in [7, 11) is -3.13. The molecule has 0 aliphatic heterocycles. The SMILES string of the molecule is CC(CCl)CS(=O)(=O)NCCC1CCCCC1. The number of rotatable bonds is 7. The Morgan fingerprint density at radius 3 is 2.53 bits per heavy atom. The first-order chi connectivity index (χ1) is 8.03. The quantitative estimate of drug-likeness (QED) is 0.730. The number of hydrogen-bond acceptors (Lipinski definition) is 2. The summed E-state index contributed by atoms with van der Waals surface area (Å²) in [6.07, 6.45) is 7.46. The van der Waals surface area contributed by atoms with Gasteiger partial charge in [0.05, 0.1) is 5.75 Å². The van der Waals surface area contributed by atoms with Crippen LogP contribution < -0.4 is 4.72 Å². The van der Waals surface area contributed by atoms with E-state index in [9.17, 15) is 8.42 Å². The minimum atomic E-state index is -3.13. The molecule has 0 spiro atoms. The van der Waals surface area contributed by atoms with Gasteiger partial charge in [-0.3, -0.25) is 0 Å². The molecule has 3 nitrogen and oxygen atoms in total. The summed E-state index contributed by atoms with van der Waals surface area (Å²) in [5.41, 5.74) is 0. The van der Waals surface area contributed by atoms with Gasteiger partial charge in [-0.2, -0.15) is 0 Å². The summed E-state index contributed by atoms with van der Waals surface area (Å²) in [5.74, 6) is 1.27. The zero-order valence-corrected chi connectivity index (χ0v) is 12.2. The first-order valence-electron chi connectivity index (χ1n) is 6.57. The highest BCUT2D eigenvalue weighted by molar-refractivity contribution is 7.89. The maximum atomic E-state index is 11.7. The Morgan fingerprint density at radius 1 is 1.29 bits per heavy atom. The highest BCUT2D eigenvalue weighted by Crippen LogP contribution is 2.25. The number of nitrogens with one attached hydrogen (secondary N) is 1. The Kier molecular flexibility index (Phi) is 6.82. The molecule has 1 atom stereocenters. The van der Waals surface area contributed by atoms with Crippen LogP contribution in [0.3, 0.4) is 0 Å². The number of alkyl halides is 1. The molecule has 1 fully saturated rings. The van der Waals surface area contributed by atoms with Crippen LogP contribution in [-0.4, -0.2) is 26.6 Å². The zero-order valence-electron chi connectivity index (χ0n) is 10.6. The Labute approximate surface area is 110 Å². The molecule has 0 aromatic heterocycles. The van der Waals surface area contributed by atoms with E-state index in [1.807, 2.05) is 6.92 Å². The van der Waals surface area contributed by atoms with E-state index >= 15 is 0 Å². The highest BCUT2D eigenvalue weighted by Gasteiger charge is 2.17. The first-order valence-corrected chi connectivity index (χ1v) is 8.75. The molecule has 1 saturated carbocycles. The van der Waals surface area contributed by atoms with Gasteiger partial charge in [-0.1, -0.05) is 39.0 Å². The number of halogens is 1. The second-order valence-electron chi connectivity index (χ2n) is 5.23. The molecule has 0 saturated heterocycles. The number of hydrogen-bond donors (Lipinski definition) is 1. The Bertz CT molecular complexity index is 300. The van der Waals surface area contributed by atoms with Gasteiger partial charge < -0.3 is 0 Å². The van der Waals surface area contributed by atoms with E-state index in [2.05, 4.69) is 4.72 Å². The van der Waals surface area contributed by atoms with Crippen molar-refractivity contribution in [3.63, 3.8) is 0 Å². The lowest BCUT2D eigenvalue weighted by molar-refractivity contribution is 0.339. The molecule has 0 aromatic rings. The molecular formula is C12H24ClNO2S. The van der Waals surface area contributed by atoms with Crippen molar-refractivity contribution in [1.82, 2.24) is 4.72 Å². The maximum Gasteiger partial charge on any atom is 0.211 e. The fraction of sp³-hybridized carbons (Fsp3) is 1.00. The summed E-state index contributed by atoms with van der Waals surface area (Å²) in [4.78, 5) is 0. The predicted octanol–water partition coefficient (Wildman–Crippen LogP) is 2.75. The first kappa shape index (κ1) is 15.3. The van der Waals surface area contributed by atoms with Crippen LogP contribution >= 0.6 is 11.6 Å². The second kappa shape index (κ2) is 7.59. The molecule has 1 aliphatic carbocycles. The van der Waals surface area contributed by atoms with Gasteiger partial charge in [-0.05, 0) is 18.3 Å². The fourth-order valence-corrected chi connectivity index (χ4v) is 4.02. The van der Waals surface area contributed by atoms with Crippen molar-refractivity contribution in [2.24, 2.45) is 11.8 Å². The maximum absolute atomic E-state index is 11.7. The van der Waals surface area contributed by atoms with E-state index in [4.69, 9.17) is 11.6 Å². The van der Waals surface area contributed by atoms with Crippen LogP contribution in [-0.2, 0) is 10.0 Å². The summed E-state index contributed by atoms with van der Waals surface area (Å²) in [6.45, 7) is 2.44. The highest BCUT2D eigenvalue weighted by atomic mass is 35.5. The molecule has 0 heterocycles. The monoisotopic (exact) mass is 281 g/mol. The van der Waals surface area contributed by atoms with Crippen molar-refractivity contribution < 1.29 is 8.42 Å². The Hall–Kier alpha value is 0.200. The smallest absolute Gasteiger partial charge is 0.211 e. The lowest BCUT2D eigenvalue weighted by Gasteiger charge is -2.21. The topological polar surface area (TPSA) is 46.2 Å². The van der Waals surface area contributed by atoms with E-state index in [1.54, 1.807) is 0 Å². The van der Waals surface area contributed by atoms with E-state index in [1.165, 1.54) is 32.1 Å². The summed E-state index contributed by atoms with van der Waals surface area (Å²) >= 11 is 5.62. The van der Waals surface area contributed by atoms with Gasteiger partial charge in [-0.25, -0.2) is 13.1 Å². The minimum absolute atomic E-state index is 0.0175. The van der Waals surface area contributed by atoms with E-state index in [-0.39, 0.29) is 11.7 Å². The Balaban J connectivity index is 2.20. The van der Waals surface area contributed by atoms with E-state index in [0.717, 1.165) is 12.3 Å². The molecule has 1 rings (SSSR count). The normalized spacial score (nSPS) is 20.4. The predicted molar refractivity (Wildman–Crippen MR) is 72.9 cm³/mol. The van der Waals surface area contributed by atoms with Gasteiger partial charge >= 0.3 is 0 Å². The summed E-state index contributed by atoms with van der Waals surface area (Å²) in [5, 5.41) is 0. The van der Waals surface area contributed by atoms with Crippen molar-refractivity contribution in [2.75, 3.05) is 18.2 Å². The van der Waals surface area contributed by atoms with Gasteiger partial charge in [-0.15, -0.1) is 11.6 Å². The van der Waals surface area contributed by atoms with Gasteiger partial charge in [0, 0.05) is 12.4 Å². The van der Waals surface area contributed by atoms with Crippen molar-refractivity contribution in [3.8, 4) is 0 Å². The molecule has 102 valence electrons.